The minimum absolute atomic E-state index is 0.0421. The van der Waals surface area contributed by atoms with Gasteiger partial charge in [0, 0.05) is 42.4 Å². The average Bonchev–Trinajstić information content (AvgIpc) is 1.82. The summed E-state index contributed by atoms with van der Waals surface area (Å²) in [6.07, 6.45) is 12.8. The number of allylic oxidation sites excluding steroid dienone is 2. The fourth-order valence-corrected chi connectivity index (χ4v) is 10.8. The van der Waals surface area contributed by atoms with Gasteiger partial charge in [0.05, 0.1) is 60.8 Å². The first-order valence-corrected chi connectivity index (χ1v) is 33.4. The van der Waals surface area contributed by atoms with E-state index in [2.05, 4.69) is 64.4 Å². The topological polar surface area (TPSA) is 427 Å². The molecule has 2 unspecified atom stereocenters. The molecule has 0 spiro atoms. The minimum atomic E-state index is -1.67. The van der Waals surface area contributed by atoms with Crippen LogP contribution < -0.4 is 64.9 Å². The van der Waals surface area contributed by atoms with Gasteiger partial charge < -0.3 is 48.4 Å². The van der Waals surface area contributed by atoms with Crippen molar-refractivity contribution in [1.29, 1.82) is 0 Å². The number of nitrogens with one attached hydrogen (secondary N) is 11. The number of primary amides is 2. The molecule has 27 heteroatoms. The van der Waals surface area contributed by atoms with E-state index >= 15 is 0 Å². The number of nitrogens with two attached hydrogens (primary N) is 2. The summed E-state index contributed by atoms with van der Waals surface area (Å²) in [5, 5.41) is 23.3. The summed E-state index contributed by atoms with van der Waals surface area (Å²) < 4.78 is 0. The summed E-state index contributed by atoms with van der Waals surface area (Å²) >= 11 is 0. The molecule has 1 aromatic heterocycles. The molecule has 3 rings (SSSR count). The normalized spacial score (nSPS) is 23.9. The first-order chi connectivity index (χ1) is 44.6. The number of carbonyl (C=O) groups excluding carboxylic acids is 14. The Kier molecular flexibility index (Phi) is 34.3. The third-order valence-electron chi connectivity index (χ3n) is 17.3. The Bertz CT molecular complexity index is 3060. The second-order valence-electron chi connectivity index (χ2n) is 26.5. The van der Waals surface area contributed by atoms with E-state index in [1.54, 1.807) is 13.1 Å². The number of hydrazine groups is 1. The number of amides is 7. The highest BCUT2D eigenvalue weighted by molar-refractivity contribution is 6.41. The van der Waals surface area contributed by atoms with Crippen LogP contribution in [0.2, 0.25) is 0 Å². The van der Waals surface area contributed by atoms with E-state index in [0.29, 0.717) is 25.7 Å². The van der Waals surface area contributed by atoms with Crippen LogP contribution in [0.25, 0.3) is 10.9 Å². The second kappa shape index (κ2) is 40.0. The van der Waals surface area contributed by atoms with Gasteiger partial charge in [-0.2, -0.15) is 0 Å². The number of aromatic nitrogens is 1. The lowest BCUT2D eigenvalue weighted by Crippen LogP contribution is -2.62. The third-order valence-corrected chi connectivity index (χ3v) is 17.3. The lowest BCUT2D eigenvalue weighted by Gasteiger charge is -2.33. The molecule has 1 aliphatic rings. The van der Waals surface area contributed by atoms with Gasteiger partial charge in [-0.3, -0.25) is 77.8 Å². The van der Waals surface area contributed by atoms with Crippen LogP contribution in [-0.4, -0.2) is 166 Å². The van der Waals surface area contributed by atoms with E-state index in [1.165, 1.54) is 62.3 Å². The Labute approximate surface area is 558 Å². The number of fused-ring (bicyclic) bond motifs is 1. The summed E-state index contributed by atoms with van der Waals surface area (Å²) in [6, 6.07) is -2.38. The Morgan fingerprint density at radius 1 is 0.663 bits per heavy atom. The monoisotopic (exact) mass is 1330 g/mol. The predicted molar refractivity (Wildman–Crippen MR) is 359 cm³/mol. The van der Waals surface area contributed by atoms with Crippen molar-refractivity contribution in [3.8, 4) is 0 Å². The van der Waals surface area contributed by atoms with Gasteiger partial charge in [0.25, 0.3) is 0 Å². The number of H-pyrrole nitrogens is 1. The van der Waals surface area contributed by atoms with Crippen molar-refractivity contribution < 1.29 is 67.1 Å². The molecule has 528 valence electrons. The molecule has 0 radical (unpaired) electrons. The van der Waals surface area contributed by atoms with E-state index in [1.807, 2.05) is 44.2 Å². The highest BCUT2D eigenvalue weighted by Gasteiger charge is 2.40. The van der Waals surface area contributed by atoms with Crippen LogP contribution in [0.3, 0.4) is 0 Å². The molecule has 27 nitrogen and oxygen atoms in total. The lowest BCUT2D eigenvalue weighted by atomic mass is 9.88. The molecule has 1 aromatic carbocycles. The van der Waals surface area contributed by atoms with E-state index in [-0.39, 0.29) is 81.4 Å². The molecular formula is C68H107N13O14. The minimum Gasteiger partial charge on any atom is -0.370 e. The number of carbonyl (C=O) groups is 14. The maximum Gasteiger partial charge on any atom is 0.246 e. The number of hydrogen-bond donors (Lipinski definition) is 13. The Morgan fingerprint density at radius 2 is 1.25 bits per heavy atom. The first kappa shape index (κ1) is 81.5. The number of Topliss-reactive ketones (excluding diaryl/α,β-unsaturated/α-hetero) is 7. The fourth-order valence-electron chi connectivity index (χ4n) is 10.8. The van der Waals surface area contributed by atoms with Crippen LogP contribution in [0.5, 0.6) is 0 Å². The zero-order chi connectivity index (χ0) is 71.3. The zero-order valence-electron chi connectivity index (χ0n) is 57.7. The van der Waals surface area contributed by atoms with Crippen molar-refractivity contribution in [1.82, 2.24) is 58.4 Å². The Morgan fingerprint density at radius 3 is 1.88 bits per heavy atom. The zero-order valence-corrected chi connectivity index (χ0v) is 57.7. The molecule has 0 bridgehead atoms. The number of ketones is 7. The van der Waals surface area contributed by atoms with E-state index in [0.717, 1.165) is 55.0 Å². The molecule has 2 heterocycles. The van der Waals surface area contributed by atoms with Crippen molar-refractivity contribution in [2.24, 2.45) is 29.2 Å². The maximum absolute atomic E-state index is 14.7. The smallest absolute Gasteiger partial charge is 0.246 e. The highest BCUT2D eigenvalue weighted by Crippen LogP contribution is 2.23. The summed E-state index contributed by atoms with van der Waals surface area (Å²) in [4.78, 5) is 191. The van der Waals surface area contributed by atoms with Gasteiger partial charge in [-0.25, -0.2) is 10.9 Å². The number of hydrogen-bond acceptors (Lipinski definition) is 19. The van der Waals surface area contributed by atoms with Crippen molar-refractivity contribution in [3.05, 3.63) is 48.2 Å². The molecule has 0 aliphatic carbocycles. The fraction of sp³-hybridized carbons (Fsp3) is 0.647. The van der Waals surface area contributed by atoms with Gasteiger partial charge in [0.15, 0.2) is 11.6 Å². The van der Waals surface area contributed by atoms with E-state index < -0.39 is 136 Å². The van der Waals surface area contributed by atoms with Gasteiger partial charge >= 0.3 is 0 Å². The quantitative estimate of drug-likeness (QED) is 0.0364. The largest absolute Gasteiger partial charge is 0.370 e. The van der Waals surface area contributed by atoms with Gasteiger partial charge in [0.2, 0.25) is 64.5 Å². The molecule has 15 N–H and O–H groups in total. The van der Waals surface area contributed by atoms with Gasteiger partial charge in [-0.05, 0) is 138 Å². The summed E-state index contributed by atoms with van der Waals surface area (Å²) in [5.74, 6) is -11.7. The third kappa shape index (κ3) is 27.5. The van der Waals surface area contributed by atoms with Gasteiger partial charge in [-0.15, -0.1) is 0 Å². The van der Waals surface area contributed by atoms with Crippen LogP contribution in [0.4, 0.5) is 0 Å². The lowest BCUT2D eigenvalue weighted by molar-refractivity contribution is -0.140. The molecule has 1 aliphatic heterocycles. The van der Waals surface area contributed by atoms with Crippen LogP contribution >= 0.6 is 0 Å². The maximum atomic E-state index is 14.7. The Hall–Kier alpha value is -7.72. The number of benzene rings is 1. The first-order valence-electron chi connectivity index (χ1n) is 33.4. The highest BCUT2D eigenvalue weighted by atomic mass is 16.2. The van der Waals surface area contributed by atoms with Gasteiger partial charge in [0.1, 0.15) is 23.4 Å². The van der Waals surface area contributed by atoms with Crippen LogP contribution in [-0.2, 0) is 73.5 Å². The van der Waals surface area contributed by atoms with E-state index in [4.69, 9.17) is 11.5 Å². The standard InChI is InChI=1S/C68H107N13O14/c1-39(2)32-49-37-72-52(28-29-56(69)85)60(89)58(87)44(7)76-65(94)53(34-48-36-71-51-27-23-22-26-50(48)51)73-38-55(84)67(11,74-35-41(4)82)30-24-20-18-16-14-13-15-17-19-21-25-31-68(12,79-64(49)93)66(95)78-47(10)63(92)77-46(9)62(91)75-43(6)57(86)59(88)45(8)81-80-42(5)54(83)33-40(3)61(70)90/h17,19,22-23,26-27,36,39-40,42-47,49,52-53,71-74,80-81H,13-16,18,20-21,24-25,28-35,37-38H2,1-12H3,(H2,69,85)(H2,70,90)(H,75,91)(H,76,94)(H,77,92)(H,78,95)(H,79,93)/b19-17+/t40-,42+,43-,44?,45-,46?,47-,49+,52-,53-,67+,68-/m0/s1. The Balaban J connectivity index is 1.89. The van der Waals surface area contributed by atoms with Crippen LogP contribution in [0.1, 0.15) is 185 Å². The molecule has 0 saturated heterocycles. The van der Waals surface area contributed by atoms with Crippen LogP contribution in [0.15, 0.2) is 42.6 Å². The molecule has 7 amide bonds. The predicted octanol–water partition coefficient (Wildman–Crippen LogP) is 2.04. The number of para-hydroxylation sites is 1. The average molecular weight is 1330 g/mol. The summed E-state index contributed by atoms with van der Waals surface area (Å²) in [5.41, 5.74) is 14.8. The molecular weight excluding hydrogens is 1220 g/mol. The molecule has 2 aromatic rings. The number of aromatic amines is 1. The molecule has 0 fully saturated rings. The van der Waals surface area contributed by atoms with Crippen molar-refractivity contribution in [2.45, 2.75) is 245 Å². The molecule has 95 heavy (non-hydrogen) atoms. The SMILES string of the molecule is CC(=O)CN[C@]1(C)CCCCCCCC/C=C/CCC[C@@](C)(C(=O)N[C@@H](C)C(=O)NC(C)C(=O)N[C@@H](C)C(=O)C(=O)[C@H](C)NN[C@H](C)C(=O)C[C@H](C)C(N)=O)NC(=O)[C@H](CC(C)C)CN[C@@H](CCC(N)=O)C(=O)C(=O)C(C)NC(=O)[C@H](Cc2c[nH]c3ccccc23)NCC1=O. The summed E-state index contributed by atoms with van der Waals surface area (Å²) in [7, 11) is 0. The number of rotatable bonds is 26. The van der Waals surface area contributed by atoms with Crippen LogP contribution in [0, 0.1) is 17.8 Å². The summed E-state index contributed by atoms with van der Waals surface area (Å²) in [6.45, 7) is 17.5. The van der Waals surface area contributed by atoms with Crippen molar-refractivity contribution in [2.75, 3.05) is 19.6 Å². The van der Waals surface area contributed by atoms with E-state index in [9.17, 15) is 67.1 Å². The van der Waals surface area contributed by atoms with Crippen molar-refractivity contribution in [3.63, 3.8) is 0 Å². The van der Waals surface area contributed by atoms with Crippen molar-refractivity contribution >= 4 is 92.7 Å². The molecule has 0 saturated carbocycles. The van der Waals surface area contributed by atoms with Gasteiger partial charge in [-0.1, -0.05) is 83.2 Å². The second-order valence-corrected chi connectivity index (χ2v) is 26.5. The molecule has 12 atom stereocenters.